The monoisotopic (exact) mass is 612 g/mol. The Morgan fingerprint density at radius 3 is 1.67 bits per heavy atom. The van der Waals surface area contributed by atoms with Crippen LogP contribution in [0.1, 0.15) is 18.4 Å². The van der Waals surface area contributed by atoms with Gasteiger partial charge in [-0.2, -0.15) is 0 Å². The summed E-state index contributed by atoms with van der Waals surface area (Å²) >= 11 is 0. The summed E-state index contributed by atoms with van der Waals surface area (Å²) < 4.78 is 0. The van der Waals surface area contributed by atoms with Crippen LogP contribution in [0, 0.1) is 0 Å². The summed E-state index contributed by atoms with van der Waals surface area (Å²) in [6, 6.07) is 52.6. The highest BCUT2D eigenvalue weighted by Crippen LogP contribution is 2.41. The zero-order valence-corrected chi connectivity index (χ0v) is 26.5. The van der Waals surface area contributed by atoms with Crippen LogP contribution in [-0.2, 0) is 0 Å². The minimum absolute atomic E-state index is 0.906. The molecule has 2 heteroatoms. The summed E-state index contributed by atoms with van der Waals surface area (Å²) in [6.07, 6.45) is 10.7. The van der Waals surface area contributed by atoms with Crippen LogP contribution in [0.25, 0.3) is 82.7 Å². The van der Waals surface area contributed by atoms with E-state index in [1.54, 1.807) is 6.33 Å². The van der Waals surface area contributed by atoms with Gasteiger partial charge in [-0.1, -0.05) is 146 Å². The van der Waals surface area contributed by atoms with Crippen molar-refractivity contribution in [1.82, 2.24) is 9.97 Å². The van der Waals surface area contributed by atoms with E-state index in [0.717, 1.165) is 40.9 Å². The topological polar surface area (TPSA) is 25.8 Å². The quantitative estimate of drug-likeness (QED) is 0.181. The highest BCUT2D eigenvalue weighted by atomic mass is 14.8. The van der Waals surface area contributed by atoms with E-state index in [4.69, 9.17) is 9.97 Å². The van der Waals surface area contributed by atoms with E-state index in [2.05, 4.69) is 164 Å². The lowest BCUT2D eigenvalue weighted by Crippen LogP contribution is -1.94. The molecule has 0 aliphatic heterocycles. The lowest BCUT2D eigenvalue weighted by Gasteiger charge is -2.16. The molecule has 0 fully saturated rings. The molecule has 0 radical (unpaired) electrons. The Morgan fingerprint density at radius 2 is 0.958 bits per heavy atom. The molecule has 0 saturated carbocycles. The van der Waals surface area contributed by atoms with Gasteiger partial charge in [-0.3, -0.25) is 0 Å². The molecule has 9 rings (SSSR count). The molecule has 2 nitrogen and oxygen atoms in total. The van der Waals surface area contributed by atoms with Crippen LogP contribution in [-0.4, -0.2) is 9.97 Å². The normalized spacial score (nSPS) is 12.9. The van der Waals surface area contributed by atoms with E-state index in [-0.39, 0.29) is 0 Å². The van der Waals surface area contributed by atoms with E-state index in [1.807, 2.05) is 0 Å². The molecule has 1 heterocycles. The van der Waals surface area contributed by atoms with Crippen LogP contribution in [0.15, 0.2) is 170 Å². The van der Waals surface area contributed by atoms with Crippen LogP contribution in [0.3, 0.4) is 0 Å². The van der Waals surface area contributed by atoms with Gasteiger partial charge >= 0.3 is 0 Å². The molecule has 0 spiro atoms. The minimum Gasteiger partial charge on any atom is -0.236 e. The van der Waals surface area contributed by atoms with Crippen molar-refractivity contribution in [2.45, 2.75) is 12.8 Å². The van der Waals surface area contributed by atoms with Crippen LogP contribution in [0.5, 0.6) is 0 Å². The summed E-state index contributed by atoms with van der Waals surface area (Å²) in [6.45, 7) is 0. The molecule has 1 aromatic heterocycles. The van der Waals surface area contributed by atoms with Gasteiger partial charge in [0.15, 0.2) is 0 Å². The number of rotatable bonds is 5. The fourth-order valence-electron chi connectivity index (χ4n) is 7.33. The largest absolute Gasteiger partial charge is 0.236 e. The average Bonchev–Trinajstić information content (AvgIpc) is 3.18. The molecule has 8 aromatic rings. The second-order valence-corrected chi connectivity index (χ2v) is 12.5. The Balaban J connectivity index is 1.17. The van der Waals surface area contributed by atoms with Gasteiger partial charge in [-0.05, 0) is 96.7 Å². The predicted octanol–water partition coefficient (Wildman–Crippen LogP) is 12.3. The van der Waals surface area contributed by atoms with E-state index in [9.17, 15) is 0 Å². The van der Waals surface area contributed by atoms with Crippen LogP contribution >= 0.6 is 0 Å². The zero-order valence-electron chi connectivity index (χ0n) is 26.5. The lowest BCUT2D eigenvalue weighted by atomic mass is 9.88. The first-order chi connectivity index (χ1) is 23.8. The SMILES string of the molecule is C1=CC(c2cccc(-c3cc(-c4ccccc4-c4ccccc4-c4ccc5c6ccccc6c6ccccc6c5c4)ncn3)c2)=CCC1. The van der Waals surface area contributed by atoms with Gasteiger partial charge in [-0.25, -0.2) is 9.97 Å². The average molecular weight is 613 g/mol. The first kappa shape index (κ1) is 28.1. The fraction of sp³-hybridized carbons (Fsp3) is 0.0435. The van der Waals surface area contributed by atoms with Crippen molar-refractivity contribution in [2.75, 3.05) is 0 Å². The molecule has 48 heavy (non-hydrogen) atoms. The van der Waals surface area contributed by atoms with Crippen molar-refractivity contribution in [3.8, 4) is 44.8 Å². The summed E-state index contributed by atoms with van der Waals surface area (Å²) in [4.78, 5) is 9.52. The number of benzene rings is 7. The van der Waals surface area contributed by atoms with Gasteiger partial charge in [0.2, 0.25) is 0 Å². The molecular weight excluding hydrogens is 581 g/mol. The molecular formula is C46H32N2. The Bertz CT molecular complexity index is 2540. The number of hydrogen-bond donors (Lipinski definition) is 0. The molecule has 0 saturated heterocycles. The molecule has 1 aliphatic carbocycles. The van der Waals surface area contributed by atoms with Crippen LogP contribution < -0.4 is 0 Å². The summed E-state index contributed by atoms with van der Waals surface area (Å²) in [5.74, 6) is 0. The maximum atomic E-state index is 4.81. The zero-order chi connectivity index (χ0) is 31.9. The maximum absolute atomic E-state index is 4.81. The highest BCUT2D eigenvalue weighted by molar-refractivity contribution is 6.25. The molecule has 0 unspecified atom stereocenters. The Morgan fingerprint density at radius 1 is 0.375 bits per heavy atom. The summed E-state index contributed by atoms with van der Waals surface area (Å²) in [5.41, 5.74) is 11.2. The maximum Gasteiger partial charge on any atom is 0.116 e. The second kappa shape index (κ2) is 11.9. The number of hydrogen-bond acceptors (Lipinski definition) is 2. The van der Waals surface area contributed by atoms with Crippen molar-refractivity contribution < 1.29 is 0 Å². The Labute approximate surface area is 280 Å². The first-order valence-electron chi connectivity index (χ1n) is 16.6. The van der Waals surface area contributed by atoms with Crippen LogP contribution in [0.2, 0.25) is 0 Å². The molecule has 0 atom stereocenters. The first-order valence-corrected chi connectivity index (χ1v) is 16.6. The molecule has 226 valence electrons. The third-order valence-corrected chi connectivity index (χ3v) is 9.63. The van der Waals surface area contributed by atoms with Gasteiger partial charge in [0.25, 0.3) is 0 Å². The van der Waals surface area contributed by atoms with E-state index < -0.39 is 0 Å². The van der Waals surface area contributed by atoms with Crippen molar-refractivity contribution in [3.05, 3.63) is 176 Å². The van der Waals surface area contributed by atoms with Crippen molar-refractivity contribution in [2.24, 2.45) is 0 Å². The van der Waals surface area contributed by atoms with Gasteiger partial charge in [0, 0.05) is 11.1 Å². The third kappa shape index (κ3) is 4.90. The van der Waals surface area contributed by atoms with Gasteiger partial charge < -0.3 is 0 Å². The molecule has 1 aliphatic rings. The van der Waals surface area contributed by atoms with E-state index >= 15 is 0 Å². The number of fused-ring (bicyclic) bond motifs is 6. The van der Waals surface area contributed by atoms with E-state index in [1.165, 1.54) is 60.1 Å². The second-order valence-electron chi connectivity index (χ2n) is 12.5. The smallest absolute Gasteiger partial charge is 0.116 e. The third-order valence-electron chi connectivity index (χ3n) is 9.63. The van der Waals surface area contributed by atoms with Crippen LogP contribution in [0.4, 0.5) is 0 Å². The number of aromatic nitrogens is 2. The minimum atomic E-state index is 0.906. The Hall–Kier alpha value is -6.12. The highest BCUT2D eigenvalue weighted by Gasteiger charge is 2.16. The molecule has 0 bridgehead atoms. The molecule has 7 aromatic carbocycles. The van der Waals surface area contributed by atoms with Gasteiger partial charge in [0.05, 0.1) is 11.4 Å². The van der Waals surface area contributed by atoms with Gasteiger partial charge in [-0.15, -0.1) is 0 Å². The summed E-state index contributed by atoms with van der Waals surface area (Å²) in [5, 5.41) is 7.69. The van der Waals surface area contributed by atoms with Crippen molar-refractivity contribution >= 4 is 37.9 Å². The fourth-order valence-corrected chi connectivity index (χ4v) is 7.33. The van der Waals surface area contributed by atoms with Gasteiger partial charge in [0.1, 0.15) is 6.33 Å². The lowest BCUT2D eigenvalue weighted by molar-refractivity contribution is 1.04. The number of allylic oxidation sites excluding steroid dienone is 4. The van der Waals surface area contributed by atoms with Crippen molar-refractivity contribution in [1.29, 1.82) is 0 Å². The number of nitrogens with zero attached hydrogens (tertiary/aromatic N) is 2. The molecule has 0 amide bonds. The summed E-state index contributed by atoms with van der Waals surface area (Å²) in [7, 11) is 0. The standard InChI is InChI=1S/C46H32N2/c1-2-13-31(14-3-1)32-15-12-16-34(27-32)45-29-46(48-30-47-45)43-24-11-10-22-40(43)36-18-5-4-17-35(36)33-25-26-42-39-21-7-6-19-37(39)38-20-8-9-23-41(38)44(42)28-33/h2,4-30H,1,3H2. The Kier molecular flexibility index (Phi) is 6.98. The van der Waals surface area contributed by atoms with Crippen molar-refractivity contribution in [3.63, 3.8) is 0 Å². The predicted molar refractivity (Wildman–Crippen MR) is 203 cm³/mol. The molecule has 0 N–H and O–H groups in total. The van der Waals surface area contributed by atoms with E-state index in [0.29, 0.717) is 0 Å².